The maximum atomic E-state index is 10.0. The zero-order valence-electron chi connectivity index (χ0n) is 11.7. The van der Waals surface area contributed by atoms with Crippen molar-refractivity contribution < 1.29 is 14.6 Å². The van der Waals surface area contributed by atoms with Crippen LogP contribution < -0.4 is 9.47 Å². The molecule has 3 heteroatoms. The van der Waals surface area contributed by atoms with Gasteiger partial charge in [0.25, 0.3) is 0 Å². The molecule has 2 aromatic carbocycles. The Hall–Kier alpha value is -2.00. The van der Waals surface area contributed by atoms with Gasteiger partial charge in [0, 0.05) is 0 Å². The van der Waals surface area contributed by atoms with E-state index in [1.165, 1.54) is 0 Å². The predicted molar refractivity (Wildman–Crippen MR) is 79.1 cm³/mol. The van der Waals surface area contributed by atoms with Gasteiger partial charge in [-0.2, -0.15) is 0 Å². The van der Waals surface area contributed by atoms with Gasteiger partial charge in [0.1, 0.15) is 24.2 Å². The van der Waals surface area contributed by atoms with Crippen LogP contribution in [0.2, 0.25) is 0 Å². The summed E-state index contributed by atoms with van der Waals surface area (Å²) in [4.78, 5) is 0. The first-order chi connectivity index (χ1) is 9.79. The fourth-order valence-corrected chi connectivity index (χ4v) is 1.80. The van der Waals surface area contributed by atoms with Crippen LogP contribution in [0, 0.1) is 0 Å². The first-order valence-corrected chi connectivity index (χ1v) is 6.88. The molecule has 0 fully saturated rings. The lowest BCUT2D eigenvalue weighted by Gasteiger charge is -2.13. The summed E-state index contributed by atoms with van der Waals surface area (Å²) in [6, 6.07) is 16.9. The van der Waals surface area contributed by atoms with Crippen LogP contribution in [0.25, 0.3) is 0 Å². The first-order valence-electron chi connectivity index (χ1n) is 6.88. The SMILES string of the molecule is CCCOc1ccc(OCC(O)c2ccccc2)cc1. The van der Waals surface area contributed by atoms with Crippen LogP contribution in [0.5, 0.6) is 11.5 Å². The van der Waals surface area contributed by atoms with Gasteiger partial charge in [0.05, 0.1) is 6.61 Å². The van der Waals surface area contributed by atoms with Crippen molar-refractivity contribution in [2.75, 3.05) is 13.2 Å². The summed E-state index contributed by atoms with van der Waals surface area (Å²) in [7, 11) is 0. The lowest BCUT2D eigenvalue weighted by Crippen LogP contribution is -2.09. The van der Waals surface area contributed by atoms with Crippen LogP contribution >= 0.6 is 0 Å². The number of aliphatic hydroxyl groups excluding tert-OH is 1. The Morgan fingerprint density at radius 2 is 1.50 bits per heavy atom. The van der Waals surface area contributed by atoms with Crippen LogP contribution in [0.1, 0.15) is 25.0 Å². The molecule has 2 rings (SSSR count). The van der Waals surface area contributed by atoms with Crippen molar-refractivity contribution in [2.45, 2.75) is 19.4 Å². The second-order valence-electron chi connectivity index (χ2n) is 4.56. The minimum absolute atomic E-state index is 0.235. The largest absolute Gasteiger partial charge is 0.494 e. The lowest BCUT2D eigenvalue weighted by molar-refractivity contribution is 0.108. The summed E-state index contributed by atoms with van der Waals surface area (Å²) in [5.74, 6) is 1.56. The highest BCUT2D eigenvalue weighted by molar-refractivity contribution is 5.31. The average Bonchev–Trinajstić information content (AvgIpc) is 2.52. The highest BCUT2D eigenvalue weighted by Gasteiger charge is 2.07. The molecular weight excluding hydrogens is 252 g/mol. The van der Waals surface area contributed by atoms with Crippen molar-refractivity contribution >= 4 is 0 Å². The standard InChI is InChI=1S/C17H20O3/c1-2-12-19-15-8-10-16(11-9-15)20-13-17(18)14-6-4-3-5-7-14/h3-11,17-18H,2,12-13H2,1H3. The van der Waals surface area contributed by atoms with E-state index in [2.05, 4.69) is 6.92 Å². The second-order valence-corrected chi connectivity index (χ2v) is 4.56. The molecule has 2 aromatic rings. The van der Waals surface area contributed by atoms with E-state index >= 15 is 0 Å². The molecule has 0 radical (unpaired) electrons. The van der Waals surface area contributed by atoms with Gasteiger partial charge in [-0.05, 0) is 36.2 Å². The second kappa shape index (κ2) is 7.56. The van der Waals surface area contributed by atoms with Crippen LogP contribution in [0.3, 0.4) is 0 Å². The lowest BCUT2D eigenvalue weighted by atomic mass is 10.1. The molecule has 0 aliphatic heterocycles. The van der Waals surface area contributed by atoms with Gasteiger partial charge in [-0.1, -0.05) is 37.3 Å². The van der Waals surface area contributed by atoms with E-state index in [1.807, 2.05) is 54.6 Å². The van der Waals surface area contributed by atoms with Crippen molar-refractivity contribution in [2.24, 2.45) is 0 Å². The molecule has 1 atom stereocenters. The third-order valence-corrected chi connectivity index (χ3v) is 2.89. The molecule has 0 saturated heterocycles. The van der Waals surface area contributed by atoms with E-state index < -0.39 is 6.10 Å². The van der Waals surface area contributed by atoms with Gasteiger partial charge in [-0.3, -0.25) is 0 Å². The Balaban J connectivity index is 1.84. The van der Waals surface area contributed by atoms with Gasteiger partial charge in [0.2, 0.25) is 0 Å². The molecule has 0 amide bonds. The molecule has 0 aromatic heterocycles. The minimum Gasteiger partial charge on any atom is -0.494 e. The average molecular weight is 272 g/mol. The molecule has 106 valence electrons. The van der Waals surface area contributed by atoms with Crippen LogP contribution in [0.4, 0.5) is 0 Å². The Morgan fingerprint density at radius 1 is 0.900 bits per heavy atom. The molecule has 3 nitrogen and oxygen atoms in total. The van der Waals surface area contributed by atoms with Crippen LogP contribution in [-0.4, -0.2) is 18.3 Å². The molecule has 0 saturated carbocycles. The van der Waals surface area contributed by atoms with Crippen molar-refractivity contribution in [3.05, 3.63) is 60.2 Å². The zero-order chi connectivity index (χ0) is 14.2. The molecular formula is C17H20O3. The minimum atomic E-state index is -0.618. The number of hydrogen-bond acceptors (Lipinski definition) is 3. The summed E-state index contributed by atoms with van der Waals surface area (Å²) >= 11 is 0. The Bertz CT molecular complexity index is 493. The maximum absolute atomic E-state index is 10.0. The topological polar surface area (TPSA) is 38.7 Å². The quantitative estimate of drug-likeness (QED) is 0.837. The van der Waals surface area contributed by atoms with Crippen LogP contribution in [-0.2, 0) is 0 Å². The Kier molecular flexibility index (Phi) is 5.44. The zero-order valence-corrected chi connectivity index (χ0v) is 11.7. The normalized spacial score (nSPS) is 11.9. The monoisotopic (exact) mass is 272 g/mol. The number of hydrogen-bond donors (Lipinski definition) is 1. The molecule has 0 heterocycles. The third-order valence-electron chi connectivity index (χ3n) is 2.89. The number of aliphatic hydroxyl groups is 1. The molecule has 0 bridgehead atoms. The molecule has 0 spiro atoms. The molecule has 0 aliphatic rings. The van der Waals surface area contributed by atoms with E-state index in [0.29, 0.717) is 6.61 Å². The Labute approximate surface area is 119 Å². The van der Waals surface area contributed by atoms with Crippen LogP contribution in [0.15, 0.2) is 54.6 Å². The van der Waals surface area contributed by atoms with Crippen molar-refractivity contribution in [3.63, 3.8) is 0 Å². The first kappa shape index (κ1) is 14.4. The van der Waals surface area contributed by atoms with Gasteiger partial charge in [0.15, 0.2) is 0 Å². The summed E-state index contributed by atoms with van der Waals surface area (Å²) in [5, 5.41) is 10.0. The third kappa shape index (κ3) is 4.28. The number of benzene rings is 2. The molecule has 1 unspecified atom stereocenters. The smallest absolute Gasteiger partial charge is 0.119 e. The summed E-state index contributed by atoms with van der Waals surface area (Å²) in [5.41, 5.74) is 0.857. The Morgan fingerprint density at radius 3 is 2.10 bits per heavy atom. The van der Waals surface area contributed by atoms with Gasteiger partial charge >= 0.3 is 0 Å². The van der Waals surface area contributed by atoms with Crippen molar-refractivity contribution in [3.8, 4) is 11.5 Å². The summed E-state index contributed by atoms with van der Waals surface area (Å²) in [6.07, 6.45) is 0.369. The van der Waals surface area contributed by atoms with E-state index in [-0.39, 0.29) is 6.61 Å². The fourth-order valence-electron chi connectivity index (χ4n) is 1.80. The molecule has 20 heavy (non-hydrogen) atoms. The van der Waals surface area contributed by atoms with Crippen molar-refractivity contribution in [1.29, 1.82) is 0 Å². The predicted octanol–water partition coefficient (Wildman–Crippen LogP) is 3.59. The highest BCUT2D eigenvalue weighted by Crippen LogP contribution is 2.20. The number of rotatable bonds is 7. The van der Waals surface area contributed by atoms with E-state index in [4.69, 9.17) is 9.47 Å². The fraction of sp³-hybridized carbons (Fsp3) is 0.294. The van der Waals surface area contributed by atoms with E-state index in [0.717, 1.165) is 23.5 Å². The van der Waals surface area contributed by atoms with E-state index in [1.54, 1.807) is 0 Å². The van der Waals surface area contributed by atoms with Gasteiger partial charge in [-0.15, -0.1) is 0 Å². The number of ether oxygens (including phenoxy) is 2. The maximum Gasteiger partial charge on any atom is 0.119 e. The molecule has 1 N–H and O–H groups in total. The highest BCUT2D eigenvalue weighted by atomic mass is 16.5. The summed E-state index contributed by atoms with van der Waals surface area (Å²) in [6.45, 7) is 3.02. The van der Waals surface area contributed by atoms with Crippen molar-refractivity contribution in [1.82, 2.24) is 0 Å². The van der Waals surface area contributed by atoms with Gasteiger partial charge < -0.3 is 14.6 Å². The molecule has 0 aliphatic carbocycles. The van der Waals surface area contributed by atoms with Gasteiger partial charge in [-0.25, -0.2) is 0 Å². The summed E-state index contributed by atoms with van der Waals surface area (Å²) < 4.78 is 11.1. The van der Waals surface area contributed by atoms with E-state index in [9.17, 15) is 5.11 Å².